The highest BCUT2D eigenvalue weighted by Gasteiger charge is 2.30. The highest BCUT2D eigenvalue weighted by molar-refractivity contribution is 14.1. The van der Waals surface area contributed by atoms with Crippen LogP contribution in [0.4, 0.5) is 0 Å². The lowest BCUT2D eigenvalue weighted by atomic mass is 10.1. The van der Waals surface area contributed by atoms with Crippen molar-refractivity contribution < 1.29 is 9.59 Å². The Morgan fingerprint density at radius 3 is 2.84 bits per heavy atom. The minimum absolute atomic E-state index is 0.0584. The van der Waals surface area contributed by atoms with Crippen LogP contribution >= 0.6 is 38.5 Å². The Morgan fingerprint density at radius 2 is 2.20 bits per heavy atom. The molecule has 0 saturated carbocycles. The van der Waals surface area contributed by atoms with E-state index >= 15 is 0 Å². The number of nitriles is 1. The molecule has 1 aromatic carbocycles. The summed E-state index contributed by atoms with van der Waals surface area (Å²) >= 11 is 5.56. The normalized spacial score (nSPS) is 14.0. The third kappa shape index (κ3) is 3.43. The van der Waals surface area contributed by atoms with Crippen LogP contribution in [-0.2, 0) is 16.1 Å². The second-order valence-corrected chi connectivity index (χ2v) is 7.73. The van der Waals surface area contributed by atoms with Gasteiger partial charge in [0.2, 0.25) is 11.8 Å². The molecule has 0 bridgehead atoms. The fourth-order valence-corrected chi connectivity index (χ4v) is 4.06. The van der Waals surface area contributed by atoms with Crippen LogP contribution in [0.3, 0.4) is 0 Å². The lowest BCUT2D eigenvalue weighted by Gasteiger charge is -2.38. The van der Waals surface area contributed by atoms with Crippen molar-refractivity contribution in [1.29, 1.82) is 5.26 Å². The molecule has 8 heteroatoms. The smallest absolute Gasteiger partial charge is 0.246 e. The van der Waals surface area contributed by atoms with Crippen molar-refractivity contribution in [2.24, 2.45) is 0 Å². The van der Waals surface area contributed by atoms with Gasteiger partial charge in [0.1, 0.15) is 18.3 Å². The van der Waals surface area contributed by atoms with Crippen molar-refractivity contribution in [1.82, 2.24) is 14.8 Å². The van der Waals surface area contributed by atoms with Crippen molar-refractivity contribution in [2.45, 2.75) is 12.6 Å². The van der Waals surface area contributed by atoms with E-state index in [1.54, 1.807) is 9.47 Å². The number of benzene rings is 1. The monoisotopic (exact) mass is 512 g/mol. The summed E-state index contributed by atoms with van der Waals surface area (Å²) < 4.78 is 3.48. The van der Waals surface area contributed by atoms with Gasteiger partial charge in [-0.25, -0.2) is 0 Å². The van der Waals surface area contributed by atoms with Gasteiger partial charge in [0.05, 0.1) is 15.1 Å². The van der Waals surface area contributed by atoms with Gasteiger partial charge in [-0.15, -0.1) is 0 Å². The first kappa shape index (κ1) is 17.9. The van der Waals surface area contributed by atoms with Crippen molar-refractivity contribution >= 4 is 61.2 Å². The summed E-state index contributed by atoms with van der Waals surface area (Å²) in [5, 5.41) is 13.3. The van der Waals surface area contributed by atoms with E-state index in [-0.39, 0.29) is 24.4 Å². The molecular weight excluding hydrogens is 499 g/mol. The molecule has 0 aliphatic carbocycles. The number of carbonyl (C=O) groups excluding carboxylic acids is 2. The topological polar surface area (TPSA) is 78.1 Å². The lowest BCUT2D eigenvalue weighted by molar-refractivity contribution is -0.133. The molecule has 2 heterocycles. The van der Waals surface area contributed by atoms with E-state index in [9.17, 15) is 14.9 Å². The van der Waals surface area contributed by atoms with Gasteiger partial charge in [-0.1, -0.05) is 22.5 Å². The lowest BCUT2D eigenvalue weighted by Crippen LogP contribution is -2.61. The number of halogens is 2. The van der Waals surface area contributed by atoms with Gasteiger partial charge in [-0.3, -0.25) is 9.59 Å². The minimum Gasteiger partial charge on any atom is -0.348 e. The number of hydrogen-bond acceptors (Lipinski definition) is 3. The summed E-state index contributed by atoms with van der Waals surface area (Å²) in [5.74, 6) is -0.308. The Labute approximate surface area is 166 Å². The minimum atomic E-state index is -0.177. The molecule has 1 aliphatic heterocycles. The van der Waals surface area contributed by atoms with E-state index in [4.69, 9.17) is 0 Å². The molecule has 128 valence electrons. The number of hydrogen-bond donors (Lipinski definition) is 1. The molecule has 1 N–H and O–H groups in total. The summed E-state index contributed by atoms with van der Waals surface area (Å²) in [5.41, 5.74) is 1.32. The van der Waals surface area contributed by atoms with Gasteiger partial charge in [-0.2, -0.15) is 5.26 Å². The first-order valence-electron chi connectivity index (χ1n) is 7.52. The molecular formula is C17H14BrIN4O2. The zero-order valence-electron chi connectivity index (χ0n) is 13.1. The molecule has 2 amide bonds. The Kier molecular flexibility index (Phi) is 5.15. The van der Waals surface area contributed by atoms with Gasteiger partial charge in [0.25, 0.3) is 0 Å². The third-order valence-corrected chi connectivity index (χ3v) is 5.69. The molecule has 1 aromatic heterocycles. The fourth-order valence-electron chi connectivity index (χ4n) is 2.86. The second-order valence-electron chi connectivity index (χ2n) is 5.73. The number of aromatic nitrogens is 1. The van der Waals surface area contributed by atoms with Gasteiger partial charge in [0.15, 0.2) is 0 Å². The number of amides is 2. The van der Waals surface area contributed by atoms with Crippen molar-refractivity contribution in [3.8, 4) is 6.07 Å². The van der Waals surface area contributed by atoms with Crippen LogP contribution in [0.25, 0.3) is 10.9 Å². The predicted octanol–water partition coefficient (Wildman–Crippen LogP) is 2.39. The van der Waals surface area contributed by atoms with Crippen molar-refractivity contribution in [3.05, 3.63) is 44.6 Å². The second kappa shape index (κ2) is 7.17. The number of fused-ring (bicyclic) bond motifs is 1. The Bertz CT molecular complexity index is 925. The van der Waals surface area contributed by atoms with Crippen LogP contribution in [0.2, 0.25) is 0 Å². The molecule has 1 saturated heterocycles. The number of nitrogens with one attached hydrogen (secondary N) is 1. The third-order valence-electron chi connectivity index (χ3n) is 4.10. The quantitative estimate of drug-likeness (QED) is 0.504. The molecule has 1 aliphatic rings. The van der Waals surface area contributed by atoms with Crippen LogP contribution in [0.5, 0.6) is 0 Å². The maximum atomic E-state index is 12.4. The summed E-state index contributed by atoms with van der Waals surface area (Å²) in [6.07, 6.45) is 1.27. The maximum absolute atomic E-state index is 12.4. The van der Waals surface area contributed by atoms with E-state index in [2.05, 4.69) is 56.5 Å². The summed E-state index contributed by atoms with van der Waals surface area (Å²) in [4.78, 5) is 25.4. The molecule has 0 unspecified atom stereocenters. The Morgan fingerprint density at radius 1 is 1.48 bits per heavy atom. The average Bonchev–Trinajstić information content (AvgIpc) is 2.81. The predicted molar refractivity (Wildman–Crippen MR) is 106 cm³/mol. The Hall–Kier alpha value is -1.86. The van der Waals surface area contributed by atoms with E-state index in [0.717, 1.165) is 18.9 Å². The summed E-state index contributed by atoms with van der Waals surface area (Å²) in [6, 6.07) is 7.85. The van der Waals surface area contributed by atoms with Gasteiger partial charge in [0, 0.05) is 22.9 Å². The highest BCUT2D eigenvalue weighted by atomic mass is 127. The van der Waals surface area contributed by atoms with Crippen LogP contribution in [0.15, 0.2) is 35.3 Å². The number of carbonyl (C=O) groups is 2. The van der Waals surface area contributed by atoms with Crippen molar-refractivity contribution in [2.75, 3.05) is 13.1 Å². The van der Waals surface area contributed by atoms with E-state index in [1.165, 1.54) is 6.08 Å². The first-order valence-corrected chi connectivity index (χ1v) is 9.39. The fraction of sp³-hybridized carbons (Fsp3) is 0.235. The van der Waals surface area contributed by atoms with Crippen LogP contribution < -0.4 is 5.32 Å². The average molecular weight is 513 g/mol. The Balaban J connectivity index is 1.75. The zero-order valence-corrected chi connectivity index (χ0v) is 16.9. The van der Waals surface area contributed by atoms with Gasteiger partial charge < -0.3 is 14.8 Å². The number of likely N-dealkylation sites (tertiary alicyclic amines) is 1. The van der Waals surface area contributed by atoms with E-state index in [0.29, 0.717) is 18.8 Å². The molecule has 2 aromatic rings. The van der Waals surface area contributed by atoms with Gasteiger partial charge in [-0.05, 0) is 46.9 Å². The van der Waals surface area contributed by atoms with Crippen molar-refractivity contribution in [3.63, 3.8) is 0 Å². The van der Waals surface area contributed by atoms with Crippen LogP contribution in [0, 0.1) is 14.9 Å². The molecule has 0 radical (unpaired) electrons. The van der Waals surface area contributed by atoms with E-state index < -0.39 is 0 Å². The molecule has 3 rings (SSSR count). The first-order chi connectivity index (χ1) is 11.9. The number of nitrogens with zero attached hydrogens (tertiary/aromatic N) is 3. The zero-order chi connectivity index (χ0) is 18.1. The SMILES string of the molecule is C=CC(=O)N1CC(NC(=O)Cn2c(C#N)c(I)c3cc(Br)ccc32)C1. The number of rotatable bonds is 4. The summed E-state index contributed by atoms with van der Waals surface area (Å²) in [6.45, 7) is 4.48. The molecule has 1 fully saturated rings. The van der Waals surface area contributed by atoms with Gasteiger partial charge >= 0.3 is 0 Å². The highest BCUT2D eigenvalue weighted by Crippen LogP contribution is 2.29. The van der Waals surface area contributed by atoms with Crippen LogP contribution in [-0.4, -0.2) is 40.4 Å². The molecule has 0 spiro atoms. The maximum Gasteiger partial charge on any atom is 0.246 e. The largest absolute Gasteiger partial charge is 0.348 e. The van der Waals surface area contributed by atoms with Crippen LogP contribution in [0.1, 0.15) is 5.69 Å². The molecule has 0 atom stereocenters. The molecule has 25 heavy (non-hydrogen) atoms. The van der Waals surface area contributed by atoms with E-state index in [1.807, 2.05) is 18.2 Å². The molecule has 6 nitrogen and oxygen atoms in total. The summed E-state index contributed by atoms with van der Waals surface area (Å²) in [7, 11) is 0. The standard InChI is InChI=1S/C17H14BrIN4O2/c1-2-16(25)22-7-11(8-22)21-15(24)9-23-13-4-3-10(18)5-12(13)17(19)14(23)6-20/h2-5,11H,1,7-9H2,(H,21,24).